The van der Waals surface area contributed by atoms with E-state index in [0.29, 0.717) is 0 Å². The predicted octanol–water partition coefficient (Wildman–Crippen LogP) is 5.92. The van der Waals surface area contributed by atoms with Crippen LogP contribution in [-0.2, 0) is 0 Å². The summed E-state index contributed by atoms with van der Waals surface area (Å²) in [5, 5.41) is 3.24. The molecule has 0 aliphatic rings. The van der Waals surface area contributed by atoms with E-state index in [0.717, 1.165) is 15.1 Å². The van der Waals surface area contributed by atoms with Crippen LogP contribution in [0.4, 0.5) is 0 Å². The van der Waals surface area contributed by atoms with E-state index in [9.17, 15) is 0 Å². The summed E-state index contributed by atoms with van der Waals surface area (Å²) in [4.78, 5) is 0. The summed E-state index contributed by atoms with van der Waals surface area (Å²) in [6.07, 6.45) is 0. The van der Waals surface area contributed by atoms with Crippen LogP contribution in [0.5, 0.6) is 0 Å². The molecule has 0 aliphatic carbocycles. The van der Waals surface area contributed by atoms with Crippen LogP contribution in [-0.4, -0.2) is 0 Å². The minimum atomic E-state index is 0.742. The molecule has 0 aliphatic heterocycles. The maximum atomic E-state index is 5.99. The van der Waals surface area contributed by atoms with Crippen LogP contribution in [0.1, 0.15) is 0 Å². The number of benzene rings is 3. The van der Waals surface area contributed by atoms with Gasteiger partial charge in [-0.3, -0.25) is 0 Å². The summed E-state index contributed by atoms with van der Waals surface area (Å²) >= 11 is 9.58. The molecule has 0 bridgehead atoms. The summed E-state index contributed by atoms with van der Waals surface area (Å²) in [5.41, 5.74) is 2.38. The molecule has 18 heavy (non-hydrogen) atoms. The molecule has 0 unspecified atom stereocenters. The fraction of sp³-hybridized carbons (Fsp3) is 0. The van der Waals surface area contributed by atoms with Crippen molar-refractivity contribution < 1.29 is 0 Å². The van der Waals surface area contributed by atoms with Gasteiger partial charge in [-0.25, -0.2) is 0 Å². The first-order valence-electron chi connectivity index (χ1n) is 5.69. The minimum absolute atomic E-state index is 0.742. The first kappa shape index (κ1) is 11.8. The van der Waals surface area contributed by atoms with E-state index in [4.69, 9.17) is 11.6 Å². The van der Waals surface area contributed by atoms with Gasteiger partial charge in [-0.2, -0.15) is 0 Å². The number of hydrogen-bond acceptors (Lipinski definition) is 0. The normalized spacial score (nSPS) is 10.8. The lowest BCUT2D eigenvalue weighted by molar-refractivity contribution is 1.61. The SMILES string of the molecule is Clc1ccc(-c2cccc3ccccc23)c(Br)c1. The third-order valence-electron chi connectivity index (χ3n) is 3.01. The van der Waals surface area contributed by atoms with Crippen LogP contribution in [0.15, 0.2) is 65.1 Å². The van der Waals surface area contributed by atoms with Crippen molar-refractivity contribution in [2.75, 3.05) is 0 Å². The predicted molar refractivity (Wildman–Crippen MR) is 82.1 cm³/mol. The quantitative estimate of drug-likeness (QED) is 0.522. The smallest absolute Gasteiger partial charge is 0.0417 e. The molecule has 0 radical (unpaired) electrons. The number of hydrogen-bond donors (Lipinski definition) is 0. The first-order chi connectivity index (χ1) is 8.75. The second-order valence-corrected chi connectivity index (χ2v) is 5.44. The molecule has 3 rings (SSSR count). The molecule has 3 aromatic carbocycles. The van der Waals surface area contributed by atoms with Gasteiger partial charge in [0.25, 0.3) is 0 Å². The molecule has 88 valence electrons. The van der Waals surface area contributed by atoms with Crippen LogP contribution in [0.25, 0.3) is 21.9 Å². The molecule has 3 aromatic rings. The van der Waals surface area contributed by atoms with Crippen molar-refractivity contribution in [1.29, 1.82) is 0 Å². The van der Waals surface area contributed by atoms with Gasteiger partial charge >= 0.3 is 0 Å². The molecule has 0 spiro atoms. The summed E-state index contributed by atoms with van der Waals surface area (Å²) in [5.74, 6) is 0. The summed E-state index contributed by atoms with van der Waals surface area (Å²) in [6, 6.07) is 20.6. The van der Waals surface area contributed by atoms with Crippen LogP contribution < -0.4 is 0 Å². The largest absolute Gasteiger partial charge is 0.0843 e. The van der Waals surface area contributed by atoms with Crippen molar-refractivity contribution in [2.24, 2.45) is 0 Å². The highest BCUT2D eigenvalue weighted by Gasteiger charge is 2.07. The van der Waals surface area contributed by atoms with Gasteiger partial charge in [-0.1, -0.05) is 76.1 Å². The van der Waals surface area contributed by atoms with Crippen molar-refractivity contribution in [3.63, 3.8) is 0 Å². The Hall–Kier alpha value is -1.31. The van der Waals surface area contributed by atoms with Crippen LogP contribution in [0.2, 0.25) is 5.02 Å². The highest BCUT2D eigenvalue weighted by Crippen LogP contribution is 2.34. The molecular formula is C16H10BrCl. The number of fused-ring (bicyclic) bond motifs is 1. The molecule has 0 saturated heterocycles. The van der Waals surface area contributed by atoms with E-state index in [1.54, 1.807) is 0 Å². The van der Waals surface area contributed by atoms with Gasteiger partial charge in [0.15, 0.2) is 0 Å². The Labute approximate surface area is 119 Å². The topological polar surface area (TPSA) is 0 Å². The van der Waals surface area contributed by atoms with Crippen LogP contribution >= 0.6 is 27.5 Å². The van der Waals surface area contributed by atoms with E-state index in [1.165, 1.54) is 16.3 Å². The molecule has 0 amide bonds. The van der Waals surface area contributed by atoms with Gasteiger partial charge in [-0.15, -0.1) is 0 Å². The fourth-order valence-electron chi connectivity index (χ4n) is 2.17. The van der Waals surface area contributed by atoms with Crippen molar-refractivity contribution in [1.82, 2.24) is 0 Å². The second kappa shape index (κ2) is 4.75. The highest BCUT2D eigenvalue weighted by molar-refractivity contribution is 9.10. The Morgan fingerprint density at radius 2 is 1.56 bits per heavy atom. The molecule has 2 heteroatoms. The maximum absolute atomic E-state index is 5.99. The molecule has 0 saturated carbocycles. The average molecular weight is 318 g/mol. The molecule has 0 atom stereocenters. The molecule has 0 nitrogen and oxygen atoms in total. The highest BCUT2D eigenvalue weighted by atomic mass is 79.9. The van der Waals surface area contributed by atoms with E-state index >= 15 is 0 Å². The molecule has 0 N–H and O–H groups in total. The Balaban J connectivity index is 2.31. The van der Waals surface area contributed by atoms with Gasteiger partial charge in [0.05, 0.1) is 0 Å². The summed E-state index contributed by atoms with van der Waals surface area (Å²) in [7, 11) is 0. The zero-order valence-corrected chi connectivity index (χ0v) is 11.9. The Kier molecular flexibility index (Phi) is 3.11. The lowest BCUT2D eigenvalue weighted by Gasteiger charge is -2.09. The third kappa shape index (κ3) is 2.05. The monoisotopic (exact) mass is 316 g/mol. The van der Waals surface area contributed by atoms with Crippen molar-refractivity contribution in [3.05, 3.63) is 70.2 Å². The van der Waals surface area contributed by atoms with Gasteiger partial charge in [0.1, 0.15) is 0 Å². The van der Waals surface area contributed by atoms with Crippen molar-refractivity contribution >= 4 is 38.3 Å². The van der Waals surface area contributed by atoms with Crippen LogP contribution in [0.3, 0.4) is 0 Å². The zero-order chi connectivity index (χ0) is 12.5. The van der Waals surface area contributed by atoms with E-state index in [2.05, 4.69) is 58.4 Å². The van der Waals surface area contributed by atoms with Crippen LogP contribution in [0, 0.1) is 0 Å². The van der Waals surface area contributed by atoms with Gasteiger partial charge < -0.3 is 0 Å². The molecular weight excluding hydrogens is 308 g/mol. The second-order valence-electron chi connectivity index (χ2n) is 4.15. The third-order valence-corrected chi connectivity index (χ3v) is 3.90. The van der Waals surface area contributed by atoms with Crippen molar-refractivity contribution in [3.8, 4) is 11.1 Å². The number of rotatable bonds is 1. The van der Waals surface area contributed by atoms with Gasteiger partial charge in [0.2, 0.25) is 0 Å². The summed E-state index contributed by atoms with van der Waals surface area (Å²) < 4.78 is 1.02. The average Bonchev–Trinajstić information content (AvgIpc) is 2.38. The lowest BCUT2D eigenvalue weighted by atomic mass is 9.98. The fourth-order valence-corrected chi connectivity index (χ4v) is 3.06. The molecule has 0 heterocycles. The van der Waals surface area contributed by atoms with Gasteiger partial charge in [-0.05, 0) is 34.0 Å². The molecule has 0 fully saturated rings. The summed E-state index contributed by atoms with van der Waals surface area (Å²) in [6.45, 7) is 0. The lowest BCUT2D eigenvalue weighted by Crippen LogP contribution is -1.82. The Morgan fingerprint density at radius 3 is 2.39 bits per heavy atom. The maximum Gasteiger partial charge on any atom is 0.0417 e. The first-order valence-corrected chi connectivity index (χ1v) is 6.86. The van der Waals surface area contributed by atoms with E-state index < -0.39 is 0 Å². The van der Waals surface area contributed by atoms with Crippen molar-refractivity contribution in [2.45, 2.75) is 0 Å². The Morgan fingerprint density at radius 1 is 0.778 bits per heavy atom. The number of halogens is 2. The minimum Gasteiger partial charge on any atom is -0.0843 e. The van der Waals surface area contributed by atoms with E-state index in [1.807, 2.05) is 18.2 Å². The Bertz CT molecular complexity index is 714. The standard InChI is InChI=1S/C16H10BrCl/c17-16-10-12(18)8-9-15(16)14-7-3-5-11-4-1-2-6-13(11)14/h1-10H. The zero-order valence-electron chi connectivity index (χ0n) is 9.53. The van der Waals surface area contributed by atoms with Gasteiger partial charge in [0, 0.05) is 9.50 Å². The molecule has 0 aromatic heterocycles. The van der Waals surface area contributed by atoms with E-state index in [-0.39, 0.29) is 0 Å².